The Morgan fingerprint density at radius 1 is 1.44 bits per heavy atom. The second-order valence-electron chi connectivity index (χ2n) is 2.26. The topological polar surface area (TPSA) is 0 Å². The van der Waals surface area contributed by atoms with Gasteiger partial charge in [-0.3, -0.25) is 0 Å². The van der Waals surface area contributed by atoms with E-state index in [4.69, 9.17) is 0 Å². The molecule has 1 aliphatic carbocycles. The van der Waals surface area contributed by atoms with Crippen molar-refractivity contribution in [3.63, 3.8) is 0 Å². The first-order chi connectivity index (χ1) is 4.29. The monoisotopic (exact) mass is 164 g/mol. The van der Waals surface area contributed by atoms with E-state index >= 15 is 0 Å². The van der Waals surface area contributed by atoms with E-state index < -0.39 is 0 Å². The summed E-state index contributed by atoms with van der Waals surface area (Å²) in [7, 11) is 0. The Morgan fingerprint density at radius 3 is 2.44 bits per heavy atom. The third kappa shape index (κ3) is 2.28. The normalized spacial score (nSPS) is 17.2. The number of hydrogen-bond acceptors (Lipinski definition) is 0. The van der Waals surface area contributed by atoms with Crippen molar-refractivity contribution in [3.05, 3.63) is 24.3 Å². The molecular formula is C8H10Ni. The van der Waals surface area contributed by atoms with Crippen LogP contribution < -0.4 is 0 Å². The van der Waals surface area contributed by atoms with Crippen molar-refractivity contribution in [3.8, 4) is 0 Å². The van der Waals surface area contributed by atoms with Crippen LogP contribution >= 0.6 is 0 Å². The molecule has 0 saturated carbocycles. The van der Waals surface area contributed by atoms with Gasteiger partial charge in [0.1, 0.15) is 0 Å². The fraction of sp³-hybridized carbons (Fsp3) is 0.375. The summed E-state index contributed by atoms with van der Waals surface area (Å²) in [5.41, 5.74) is 0. The summed E-state index contributed by atoms with van der Waals surface area (Å²) in [6.45, 7) is 2.01. The van der Waals surface area contributed by atoms with E-state index in [0.717, 1.165) is 10.9 Å². The van der Waals surface area contributed by atoms with Crippen molar-refractivity contribution in [2.24, 2.45) is 5.92 Å². The van der Waals surface area contributed by atoms with Gasteiger partial charge in [0.25, 0.3) is 0 Å². The zero-order chi connectivity index (χ0) is 6.69. The summed E-state index contributed by atoms with van der Waals surface area (Å²) in [5.74, 6) is 0.596. The second-order valence-corrected chi connectivity index (χ2v) is 3.10. The Kier molecular flexibility index (Phi) is 2.41. The maximum atomic E-state index is 4.69. The predicted molar refractivity (Wildman–Crippen MR) is 37.1 cm³/mol. The van der Waals surface area contributed by atoms with Gasteiger partial charge in [0.15, 0.2) is 0 Å². The van der Waals surface area contributed by atoms with E-state index in [9.17, 15) is 0 Å². The minimum absolute atomic E-state index is 0.596. The molecule has 0 nitrogen and oxygen atoms in total. The third-order valence-corrected chi connectivity index (χ3v) is 1.53. The Balaban J connectivity index is 2.37. The van der Waals surface area contributed by atoms with Crippen LogP contribution in [0.4, 0.5) is 0 Å². The van der Waals surface area contributed by atoms with Crippen LogP contribution in [0.1, 0.15) is 13.3 Å². The molecule has 52 valence electrons. The molecular weight excluding hydrogens is 155 g/mol. The maximum absolute atomic E-state index is 4.69. The first kappa shape index (κ1) is 6.96. The first-order valence-electron chi connectivity index (χ1n) is 3.09. The van der Waals surface area contributed by atoms with Gasteiger partial charge in [0.2, 0.25) is 0 Å². The van der Waals surface area contributed by atoms with Crippen LogP contribution in [0.2, 0.25) is 0 Å². The molecule has 0 aliphatic heterocycles. The average molecular weight is 165 g/mol. The summed E-state index contributed by atoms with van der Waals surface area (Å²) in [4.78, 5) is 0. The minimum atomic E-state index is 0.596. The van der Waals surface area contributed by atoms with Crippen LogP contribution in [-0.2, 0) is 15.0 Å². The van der Waals surface area contributed by atoms with Crippen LogP contribution in [0, 0.1) is 5.92 Å². The van der Waals surface area contributed by atoms with Gasteiger partial charge in [0, 0.05) is 0 Å². The SMILES string of the molecule is C[C](=[Ni])CC1C=CC=C1. The Bertz CT molecular complexity index is 153. The van der Waals surface area contributed by atoms with Crippen molar-refractivity contribution in [1.29, 1.82) is 0 Å². The number of allylic oxidation sites excluding steroid dienone is 4. The molecule has 0 radical (unpaired) electrons. The van der Waals surface area contributed by atoms with Gasteiger partial charge in [-0.25, -0.2) is 0 Å². The van der Waals surface area contributed by atoms with Gasteiger partial charge in [-0.05, 0) is 0 Å². The molecule has 0 aromatic rings. The van der Waals surface area contributed by atoms with E-state index in [0.29, 0.717) is 5.92 Å². The zero-order valence-corrected chi connectivity index (χ0v) is 6.40. The van der Waals surface area contributed by atoms with Crippen molar-refractivity contribution in [1.82, 2.24) is 0 Å². The summed E-state index contributed by atoms with van der Waals surface area (Å²) in [6, 6.07) is 0. The van der Waals surface area contributed by atoms with E-state index in [2.05, 4.69) is 39.3 Å². The van der Waals surface area contributed by atoms with Crippen molar-refractivity contribution >= 4 is 4.49 Å². The quantitative estimate of drug-likeness (QED) is 0.547. The molecule has 0 aromatic heterocycles. The zero-order valence-electron chi connectivity index (χ0n) is 5.41. The van der Waals surface area contributed by atoms with Gasteiger partial charge in [-0.1, -0.05) is 0 Å². The predicted octanol–water partition coefficient (Wildman–Crippen LogP) is 1.86. The van der Waals surface area contributed by atoms with Gasteiger partial charge in [-0.15, -0.1) is 0 Å². The molecule has 0 N–H and O–H groups in total. The summed E-state index contributed by atoms with van der Waals surface area (Å²) in [6.07, 6.45) is 9.57. The van der Waals surface area contributed by atoms with E-state index in [1.807, 2.05) is 6.92 Å². The van der Waals surface area contributed by atoms with Gasteiger partial charge in [0.05, 0.1) is 0 Å². The molecule has 0 saturated heterocycles. The Labute approximate surface area is 63.6 Å². The molecule has 0 spiro atoms. The molecule has 9 heavy (non-hydrogen) atoms. The molecule has 0 aromatic carbocycles. The standard InChI is InChI=1S/C8H10.Ni/c1-2-5-8-6-3-4-7-8;/h3-4,6-8H,5H2,1H3;. The second kappa shape index (κ2) is 3.12. The number of rotatable bonds is 2. The van der Waals surface area contributed by atoms with E-state index in [1.54, 1.807) is 0 Å². The molecule has 0 amide bonds. The molecule has 0 unspecified atom stereocenters. The van der Waals surface area contributed by atoms with Crippen LogP contribution in [-0.4, -0.2) is 4.49 Å². The van der Waals surface area contributed by atoms with E-state index in [-0.39, 0.29) is 0 Å². The van der Waals surface area contributed by atoms with Crippen molar-refractivity contribution < 1.29 is 15.0 Å². The van der Waals surface area contributed by atoms with Crippen LogP contribution in [0.5, 0.6) is 0 Å². The van der Waals surface area contributed by atoms with Crippen molar-refractivity contribution in [2.45, 2.75) is 13.3 Å². The summed E-state index contributed by atoms with van der Waals surface area (Å²) in [5, 5.41) is 0. The fourth-order valence-corrected chi connectivity index (χ4v) is 1.16. The fourth-order valence-electron chi connectivity index (χ4n) is 0.924. The molecule has 1 aliphatic rings. The summed E-state index contributed by atoms with van der Waals surface area (Å²) < 4.78 is 1.14. The first-order valence-corrected chi connectivity index (χ1v) is 3.58. The van der Waals surface area contributed by atoms with Crippen LogP contribution in [0.3, 0.4) is 0 Å². The van der Waals surface area contributed by atoms with Gasteiger partial charge < -0.3 is 0 Å². The van der Waals surface area contributed by atoms with Crippen molar-refractivity contribution in [2.75, 3.05) is 0 Å². The molecule has 1 heteroatoms. The average Bonchev–Trinajstić information content (AvgIpc) is 2.15. The third-order valence-electron chi connectivity index (χ3n) is 1.33. The van der Waals surface area contributed by atoms with Crippen LogP contribution in [0.25, 0.3) is 0 Å². The van der Waals surface area contributed by atoms with Gasteiger partial charge in [-0.2, -0.15) is 0 Å². The van der Waals surface area contributed by atoms with Crippen LogP contribution in [0.15, 0.2) is 24.3 Å². The Morgan fingerprint density at radius 2 is 2.00 bits per heavy atom. The number of hydrogen-bond donors (Lipinski definition) is 0. The van der Waals surface area contributed by atoms with Gasteiger partial charge >= 0.3 is 63.1 Å². The molecule has 0 fully saturated rings. The Hall–Kier alpha value is -0.156. The van der Waals surface area contributed by atoms with E-state index in [1.165, 1.54) is 0 Å². The molecule has 0 bridgehead atoms. The summed E-state index contributed by atoms with van der Waals surface area (Å²) >= 11 is 4.69. The molecule has 0 atom stereocenters. The molecule has 1 rings (SSSR count). The molecule has 0 heterocycles.